The lowest BCUT2D eigenvalue weighted by molar-refractivity contribution is -0.117. The Balaban J connectivity index is 1.65. The van der Waals surface area contributed by atoms with Gasteiger partial charge in [-0.25, -0.2) is 15.2 Å². The molecule has 23 heavy (non-hydrogen) atoms. The smallest absolute Gasteiger partial charge is 0.242 e. The van der Waals surface area contributed by atoms with Crippen LogP contribution in [0.1, 0.15) is 23.6 Å². The molecule has 0 spiro atoms. The second-order valence-corrected chi connectivity index (χ2v) is 6.07. The van der Waals surface area contributed by atoms with E-state index in [2.05, 4.69) is 16.2 Å². The van der Waals surface area contributed by atoms with Gasteiger partial charge >= 0.3 is 0 Å². The van der Waals surface area contributed by atoms with Crippen LogP contribution in [-0.4, -0.2) is 11.9 Å². The second-order valence-electron chi connectivity index (χ2n) is 5.63. The molecule has 1 amide bonds. The molecule has 0 aromatic heterocycles. The monoisotopic (exact) mass is 333 g/mol. The van der Waals surface area contributed by atoms with E-state index in [4.69, 9.17) is 11.6 Å². The Morgan fingerprint density at radius 2 is 1.96 bits per heavy atom. The van der Waals surface area contributed by atoms with Gasteiger partial charge in [0, 0.05) is 16.8 Å². The van der Waals surface area contributed by atoms with Gasteiger partial charge in [-0.3, -0.25) is 4.79 Å². The van der Waals surface area contributed by atoms with E-state index in [0.29, 0.717) is 17.1 Å². The largest absolute Gasteiger partial charge is 0.324 e. The van der Waals surface area contributed by atoms with Gasteiger partial charge in [-0.05, 0) is 48.7 Å². The minimum absolute atomic E-state index is 0.0247. The van der Waals surface area contributed by atoms with Gasteiger partial charge in [-0.15, -0.1) is 0 Å². The molecular weight excluding hydrogens is 317 g/mol. The Morgan fingerprint density at radius 3 is 2.70 bits per heavy atom. The third kappa shape index (κ3) is 3.69. The number of rotatable bonds is 3. The maximum atomic E-state index is 13.3. The number of halogens is 2. The predicted octanol–water partition coefficient (Wildman–Crippen LogP) is 3.33. The molecule has 0 saturated carbocycles. The Bertz CT molecular complexity index is 720. The zero-order chi connectivity index (χ0) is 16.4. The maximum absolute atomic E-state index is 13.3. The summed E-state index contributed by atoms with van der Waals surface area (Å²) in [5.41, 5.74) is 8.46. The molecule has 4 nitrogen and oxygen atoms in total. The molecule has 6 heteroatoms. The summed E-state index contributed by atoms with van der Waals surface area (Å²) in [6.07, 6.45) is 0.599. The van der Waals surface area contributed by atoms with Crippen molar-refractivity contribution in [1.29, 1.82) is 0 Å². The van der Waals surface area contributed by atoms with Crippen LogP contribution in [0.3, 0.4) is 0 Å². The number of aryl methyl sites for hydroxylation is 1. The van der Waals surface area contributed by atoms with Crippen molar-refractivity contribution in [3.05, 3.63) is 64.4 Å². The highest BCUT2D eigenvalue weighted by atomic mass is 35.5. The number of hydrazine groups is 1. The number of nitrogens with one attached hydrogen (secondary N) is 3. The fourth-order valence-corrected chi connectivity index (χ4v) is 2.72. The van der Waals surface area contributed by atoms with Crippen LogP contribution in [0, 0.1) is 12.7 Å². The summed E-state index contributed by atoms with van der Waals surface area (Å²) in [6, 6.07) is 11.5. The molecule has 1 saturated heterocycles. The molecule has 1 aliphatic rings. The minimum atomic E-state index is -0.390. The standard InChI is InChI=1S/C17H17ClFN3O/c1-10-2-7-13(19)8-14(10)20-17(23)16-9-15(21-22-16)11-3-5-12(18)6-4-11/h2-8,15-16,21-22H,9H2,1H3,(H,20,23). The summed E-state index contributed by atoms with van der Waals surface area (Å²) in [7, 11) is 0. The molecule has 1 aliphatic heterocycles. The first-order valence-electron chi connectivity index (χ1n) is 7.36. The highest BCUT2D eigenvalue weighted by Gasteiger charge is 2.30. The summed E-state index contributed by atoms with van der Waals surface area (Å²) in [4.78, 5) is 12.4. The molecule has 2 aromatic rings. The number of amides is 1. The van der Waals surface area contributed by atoms with E-state index >= 15 is 0 Å². The number of hydrogen-bond donors (Lipinski definition) is 3. The topological polar surface area (TPSA) is 53.2 Å². The average molecular weight is 334 g/mol. The lowest BCUT2D eigenvalue weighted by atomic mass is 10.0. The molecule has 0 bridgehead atoms. The fraction of sp³-hybridized carbons (Fsp3) is 0.235. The van der Waals surface area contributed by atoms with Crippen molar-refractivity contribution in [2.45, 2.75) is 25.4 Å². The van der Waals surface area contributed by atoms with Crippen molar-refractivity contribution in [1.82, 2.24) is 10.9 Å². The van der Waals surface area contributed by atoms with Crippen molar-refractivity contribution in [2.24, 2.45) is 0 Å². The number of benzene rings is 2. The SMILES string of the molecule is Cc1ccc(F)cc1NC(=O)C1CC(c2ccc(Cl)cc2)NN1. The third-order valence-electron chi connectivity index (χ3n) is 3.95. The van der Waals surface area contributed by atoms with Gasteiger partial charge in [0.15, 0.2) is 0 Å². The average Bonchev–Trinajstić information content (AvgIpc) is 3.02. The van der Waals surface area contributed by atoms with E-state index in [1.54, 1.807) is 6.07 Å². The van der Waals surface area contributed by atoms with Gasteiger partial charge < -0.3 is 5.32 Å². The molecule has 2 atom stereocenters. The van der Waals surface area contributed by atoms with Crippen LogP contribution in [0.15, 0.2) is 42.5 Å². The summed E-state index contributed by atoms with van der Waals surface area (Å²) in [5.74, 6) is -0.565. The Hall–Kier alpha value is -1.95. The predicted molar refractivity (Wildman–Crippen MR) is 88.6 cm³/mol. The lowest BCUT2D eigenvalue weighted by Gasteiger charge is -2.12. The molecule has 120 valence electrons. The van der Waals surface area contributed by atoms with Gasteiger partial charge in [0.05, 0.1) is 0 Å². The normalized spacial score (nSPS) is 20.5. The van der Waals surface area contributed by atoms with Crippen LogP contribution in [0.4, 0.5) is 10.1 Å². The maximum Gasteiger partial charge on any atom is 0.242 e. The molecule has 2 aromatic carbocycles. The van der Waals surface area contributed by atoms with Crippen molar-refractivity contribution in [3.8, 4) is 0 Å². The van der Waals surface area contributed by atoms with Crippen LogP contribution in [-0.2, 0) is 4.79 Å². The molecule has 0 aliphatic carbocycles. The molecule has 3 rings (SSSR count). The molecule has 1 fully saturated rings. The van der Waals surface area contributed by atoms with Crippen LogP contribution in [0.25, 0.3) is 0 Å². The first kappa shape index (κ1) is 15.9. The van der Waals surface area contributed by atoms with E-state index < -0.39 is 6.04 Å². The Kier molecular flexibility index (Phi) is 4.61. The molecule has 2 unspecified atom stereocenters. The van der Waals surface area contributed by atoms with E-state index in [1.807, 2.05) is 31.2 Å². The third-order valence-corrected chi connectivity index (χ3v) is 4.20. The summed E-state index contributed by atoms with van der Waals surface area (Å²) in [6.45, 7) is 1.83. The highest BCUT2D eigenvalue weighted by molar-refractivity contribution is 6.30. The van der Waals surface area contributed by atoms with Crippen molar-refractivity contribution in [3.63, 3.8) is 0 Å². The van der Waals surface area contributed by atoms with Crippen LogP contribution in [0.2, 0.25) is 5.02 Å². The van der Waals surface area contributed by atoms with Crippen molar-refractivity contribution < 1.29 is 9.18 Å². The van der Waals surface area contributed by atoms with E-state index in [0.717, 1.165) is 11.1 Å². The van der Waals surface area contributed by atoms with Gasteiger partial charge in [0.2, 0.25) is 5.91 Å². The number of carbonyl (C=O) groups excluding carboxylic acids is 1. The van der Waals surface area contributed by atoms with Gasteiger partial charge in [-0.2, -0.15) is 0 Å². The van der Waals surface area contributed by atoms with Crippen LogP contribution >= 0.6 is 11.6 Å². The van der Waals surface area contributed by atoms with Gasteiger partial charge in [-0.1, -0.05) is 29.8 Å². The molecule has 1 heterocycles. The first-order chi connectivity index (χ1) is 11.0. The van der Waals surface area contributed by atoms with E-state index in [1.165, 1.54) is 12.1 Å². The zero-order valence-electron chi connectivity index (χ0n) is 12.6. The van der Waals surface area contributed by atoms with E-state index in [-0.39, 0.29) is 17.8 Å². The second kappa shape index (κ2) is 6.66. The van der Waals surface area contributed by atoms with Crippen molar-refractivity contribution in [2.75, 3.05) is 5.32 Å². The molecule has 0 radical (unpaired) electrons. The lowest BCUT2D eigenvalue weighted by Crippen LogP contribution is -2.39. The number of carbonyl (C=O) groups is 1. The molecular formula is C17H17ClFN3O. The zero-order valence-corrected chi connectivity index (χ0v) is 13.3. The van der Waals surface area contributed by atoms with Gasteiger partial charge in [0.1, 0.15) is 11.9 Å². The quantitative estimate of drug-likeness (QED) is 0.807. The van der Waals surface area contributed by atoms with Crippen LogP contribution < -0.4 is 16.2 Å². The number of hydrogen-bond acceptors (Lipinski definition) is 3. The Labute approximate surface area is 139 Å². The minimum Gasteiger partial charge on any atom is -0.324 e. The summed E-state index contributed by atoms with van der Waals surface area (Å²) >= 11 is 5.88. The Morgan fingerprint density at radius 1 is 1.22 bits per heavy atom. The fourth-order valence-electron chi connectivity index (χ4n) is 2.59. The van der Waals surface area contributed by atoms with Gasteiger partial charge in [0.25, 0.3) is 0 Å². The van der Waals surface area contributed by atoms with Crippen molar-refractivity contribution >= 4 is 23.2 Å². The summed E-state index contributed by atoms with van der Waals surface area (Å²) in [5, 5.41) is 3.45. The van der Waals surface area contributed by atoms with E-state index in [9.17, 15) is 9.18 Å². The summed E-state index contributed by atoms with van der Waals surface area (Å²) < 4.78 is 13.3. The first-order valence-corrected chi connectivity index (χ1v) is 7.74. The molecule has 3 N–H and O–H groups in total. The highest BCUT2D eigenvalue weighted by Crippen LogP contribution is 2.24. The number of anilines is 1. The van der Waals surface area contributed by atoms with Crippen LogP contribution in [0.5, 0.6) is 0 Å².